The number of sulfonamides is 1. The first-order valence-corrected chi connectivity index (χ1v) is 12.5. The minimum Gasteiger partial charge on any atom is -0.474 e. The van der Waals surface area contributed by atoms with Gasteiger partial charge in [-0.25, -0.2) is 27.6 Å². The standard InChI is InChI=1S/C21H27FN4O7S/c1-13(2)30-21(27)33-26-9-7-16(8-10-26)31-19-14(3)20(24-12-23-19)32-18-6-5-15(11-17(18)22)25-34(4,28)29/h5-6,11-13,16,25H,7-10H2,1-4H3. The first-order chi connectivity index (χ1) is 16.0. The molecule has 0 spiro atoms. The number of piperidine rings is 1. The Hall–Kier alpha value is -3.19. The van der Waals surface area contributed by atoms with E-state index in [0.29, 0.717) is 37.4 Å². The maximum Gasteiger partial charge on any atom is 0.528 e. The fourth-order valence-electron chi connectivity index (χ4n) is 3.12. The van der Waals surface area contributed by atoms with E-state index in [1.807, 2.05) is 0 Å². The summed E-state index contributed by atoms with van der Waals surface area (Å²) >= 11 is 0. The molecule has 3 rings (SSSR count). The highest BCUT2D eigenvalue weighted by molar-refractivity contribution is 7.92. The zero-order valence-corrected chi connectivity index (χ0v) is 20.1. The molecule has 186 valence electrons. The maximum atomic E-state index is 14.4. The zero-order chi connectivity index (χ0) is 24.9. The Bertz CT molecular complexity index is 1120. The fraction of sp³-hybridized carbons (Fsp3) is 0.476. The maximum absolute atomic E-state index is 14.4. The lowest BCUT2D eigenvalue weighted by molar-refractivity contribution is -0.151. The van der Waals surface area contributed by atoms with E-state index in [4.69, 9.17) is 19.0 Å². The van der Waals surface area contributed by atoms with E-state index in [-0.39, 0.29) is 29.5 Å². The van der Waals surface area contributed by atoms with Crippen molar-refractivity contribution in [2.75, 3.05) is 24.1 Å². The number of carbonyl (C=O) groups excluding carboxylic acids is 1. The number of rotatable bonds is 8. The molecule has 0 bridgehead atoms. The summed E-state index contributed by atoms with van der Waals surface area (Å²) in [4.78, 5) is 25.0. The predicted molar refractivity (Wildman–Crippen MR) is 120 cm³/mol. The van der Waals surface area contributed by atoms with Crippen LogP contribution >= 0.6 is 0 Å². The second-order valence-corrected chi connectivity index (χ2v) is 9.73. The van der Waals surface area contributed by atoms with Crippen molar-refractivity contribution in [3.63, 3.8) is 0 Å². The number of hydrogen-bond donors (Lipinski definition) is 1. The van der Waals surface area contributed by atoms with E-state index < -0.39 is 22.0 Å². The average Bonchev–Trinajstić information content (AvgIpc) is 2.72. The number of ether oxygens (including phenoxy) is 3. The highest BCUT2D eigenvalue weighted by Gasteiger charge is 2.25. The highest BCUT2D eigenvalue weighted by Crippen LogP contribution is 2.31. The summed E-state index contributed by atoms with van der Waals surface area (Å²) in [7, 11) is -3.54. The van der Waals surface area contributed by atoms with Gasteiger partial charge in [-0.15, -0.1) is 5.06 Å². The Kier molecular flexibility index (Phi) is 8.10. The predicted octanol–water partition coefficient (Wildman–Crippen LogP) is 3.41. The summed E-state index contributed by atoms with van der Waals surface area (Å²) in [6.45, 7) is 6.09. The van der Waals surface area contributed by atoms with Gasteiger partial charge in [-0.2, -0.15) is 0 Å². The van der Waals surface area contributed by atoms with Crippen molar-refractivity contribution in [3.8, 4) is 17.5 Å². The van der Waals surface area contributed by atoms with Gasteiger partial charge in [0.1, 0.15) is 12.4 Å². The zero-order valence-electron chi connectivity index (χ0n) is 19.3. The molecule has 1 aliphatic heterocycles. The van der Waals surface area contributed by atoms with E-state index in [9.17, 15) is 17.6 Å². The van der Waals surface area contributed by atoms with E-state index in [1.54, 1.807) is 20.8 Å². The van der Waals surface area contributed by atoms with E-state index in [0.717, 1.165) is 12.3 Å². The van der Waals surface area contributed by atoms with Crippen molar-refractivity contribution in [2.45, 2.75) is 45.8 Å². The molecule has 0 unspecified atom stereocenters. The largest absolute Gasteiger partial charge is 0.528 e. The lowest BCUT2D eigenvalue weighted by Crippen LogP contribution is -2.40. The number of anilines is 1. The molecule has 0 atom stereocenters. The van der Waals surface area contributed by atoms with Crippen molar-refractivity contribution >= 4 is 21.9 Å². The molecule has 13 heteroatoms. The molecule has 1 saturated heterocycles. The van der Waals surface area contributed by atoms with Crippen LogP contribution in [0.2, 0.25) is 0 Å². The van der Waals surface area contributed by atoms with Crippen molar-refractivity contribution in [1.82, 2.24) is 15.0 Å². The lowest BCUT2D eigenvalue weighted by atomic mass is 10.1. The van der Waals surface area contributed by atoms with Crippen molar-refractivity contribution in [3.05, 3.63) is 35.9 Å². The molecule has 11 nitrogen and oxygen atoms in total. The second-order valence-electron chi connectivity index (χ2n) is 7.98. The summed E-state index contributed by atoms with van der Waals surface area (Å²) in [5.74, 6) is -0.507. The minimum atomic E-state index is -3.54. The van der Waals surface area contributed by atoms with Gasteiger partial charge in [-0.3, -0.25) is 4.72 Å². The van der Waals surface area contributed by atoms with Crippen LogP contribution in [-0.4, -0.2) is 61.2 Å². The third-order valence-electron chi connectivity index (χ3n) is 4.65. The fourth-order valence-corrected chi connectivity index (χ4v) is 3.68. The quantitative estimate of drug-likeness (QED) is 0.541. The summed E-state index contributed by atoms with van der Waals surface area (Å²) in [5.41, 5.74) is 0.544. The molecule has 0 radical (unpaired) electrons. The van der Waals surface area contributed by atoms with Crippen LogP contribution < -0.4 is 14.2 Å². The van der Waals surface area contributed by atoms with Crippen LogP contribution in [0, 0.1) is 12.7 Å². The number of benzene rings is 1. The number of nitrogens with one attached hydrogen (secondary N) is 1. The molecule has 2 aromatic rings. The van der Waals surface area contributed by atoms with Crippen LogP contribution in [0.5, 0.6) is 17.5 Å². The van der Waals surface area contributed by atoms with Crippen LogP contribution in [0.1, 0.15) is 32.3 Å². The van der Waals surface area contributed by atoms with Crippen LogP contribution in [0.25, 0.3) is 0 Å². The molecule has 1 aliphatic rings. The third-order valence-corrected chi connectivity index (χ3v) is 5.25. The van der Waals surface area contributed by atoms with Gasteiger partial charge in [-0.05, 0) is 32.9 Å². The summed E-state index contributed by atoms with van der Waals surface area (Å²) < 4.78 is 55.8. The van der Waals surface area contributed by atoms with E-state index in [2.05, 4.69) is 14.7 Å². The molecule has 1 fully saturated rings. The number of hydrogen-bond acceptors (Lipinski definition) is 10. The highest BCUT2D eigenvalue weighted by atomic mass is 32.2. The van der Waals surface area contributed by atoms with Gasteiger partial charge in [0.25, 0.3) is 0 Å². The van der Waals surface area contributed by atoms with Crippen LogP contribution in [-0.2, 0) is 19.6 Å². The van der Waals surface area contributed by atoms with Crippen molar-refractivity contribution in [1.29, 1.82) is 0 Å². The van der Waals surface area contributed by atoms with Crippen molar-refractivity contribution in [2.24, 2.45) is 0 Å². The molecular weight excluding hydrogens is 471 g/mol. The summed E-state index contributed by atoms with van der Waals surface area (Å²) in [5, 5.41) is 1.52. The summed E-state index contributed by atoms with van der Waals surface area (Å²) in [6.07, 6.45) is 2.20. The SMILES string of the molecule is Cc1c(Oc2ccc(NS(C)(=O)=O)cc2F)ncnc1OC1CCN(OC(=O)OC(C)C)CC1. The molecule has 1 aromatic carbocycles. The van der Waals surface area contributed by atoms with Crippen LogP contribution in [0.15, 0.2) is 24.5 Å². The molecule has 0 aliphatic carbocycles. The second kappa shape index (κ2) is 10.8. The molecule has 1 N–H and O–H groups in total. The number of nitrogens with zero attached hydrogens (tertiary/aromatic N) is 3. The normalized spacial score (nSPS) is 15.1. The Morgan fingerprint density at radius 1 is 1.21 bits per heavy atom. The molecule has 0 saturated carbocycles. The molecule has 1 aromatic heterocycles. The monoisotopic (exact) mass is 498 g/mol. The third kappa shape index (κ3) is 7.42. The van der Waals surface area contributed by atoms with Gasteiger partial charge in [0.2, 0.25) is 21.8 Å². The average molecular weight is 499 g/mol. The molecule has 34 heavy (non-hydrogen) atoms. The van der Waals surface area contributed by atoms with Gasteiger partial charge < -0.3 is 19.0 Å². The lowest BCUT2D eigenvalue weighted by Gasteiger charge is -2.30. The smallest absolute Gasteiger partial charge is 0.474 e. The Balaban J connectivity index is 1.60. The van der Waals surface area contributed by atoms with Gasteiger partial charge in [0.05, 0.1) is 23.6 Å². The van der Waals surface area contributed by atoms with Crippen molar-refractivity contribution < 1.29 is 36.7 Å². The Morgan fingerprint density at radius 2 is 1.88 bits per heavy atom. The number of carbonyl (C=O) groups is 1. The Morgan fingerprint density at radius 3 is 2.50 bits per heavy atom. The first kappa shape index (κ1) is 25.4. The van der Waals surface area contributed by atoms with Gasteiger partial charge in [0.15, 0.2) is 11.6 Å². The topological polar surface area (TPSA) is 129 Å². The molecule has 2 heterocycles. The van der Waals surface area contributed by atoms with Crippen LogP contribution in [0.4, 0.5) is 14.9 Å². The van der Waals surface area contributed by atoms with E-state index in [1.165, 1.54) is 23.5 Å². The van der Waals surface area contributed by atoms with Crippen LogP contribution in [0.3, 0.4) is 0 Å². The van der Waals surface area contributed by atoms with E-state index >= 15 is 0 Å². The molecule has 0 amide bonds. The van der Waals surface area contributed by atoms with Gasteiger partial charge >= 0.3 is 6.16 Å². The summed E-state index contributed by atoms with van der Waals surface area (Å²) in [6, 6.07) is 3.68. The Labute approximate surface area is 197 Å². The van der Waals surface area contributed by atoms with Gasteiger partial charge in [0, 0.05) is 32.0 Å². The number of halogens is 1. The van der Waals surface area contributed by atoms with Gasteiger partial charge in [-0.1, -0.05) is 0 Å². The molecular formula is C21H27FN4O7S. The minimum absolute atomic E-state index is 0.0728. The number of aromatic nitrogens is 2. The first-order valence-electron chi connectivity index (χ1n) is 10.6. The number of hydroxylamine groups is 2.